The number of nitrogens with zero attached hydrogens (tertiary/aromatic N) is 4. The van der Waals surface area contributed by atoms with E-state index in [1.807, 2.05) is 9.80 Å². The zero-order valence-corrected chi connectivity index (χ0v) is 16.4. The fourth-order valence-electron chi connectivity index (χ4n) is 3.04. The van der Waals surface area contributed by atoms with E-state index in [0.717, 1.165) is 25.1 Å². The number of aryl methyl sites for hydroxylation is 2. The fourth-order valence-corrected chi connectivity index (χ4v) is 3.04. The maximum atomic E-state index is 12.3. The minimum absolute atomic E-state index is 0.146. The zero-order valence-electron chi connectivity index (χ0n) is 16.4. The summed E-state index contributed by atoms with van der Waals surface area (Å²) in [5.74, 6) is 2.25. The first kappa shape index (κ1) is 20.4. The van der Waals surface area contributed by atoms with Gasteiger partial charge in [0.2, 0.25) is 17.7 Å². The molecule has 26 heavy (non-hydrogen) atoms. The molecule has 0 aliphatic carbocycles. The Morgan fingerprint density at radius 3 is 2.23 bits per heavy atom. The maximum absolute atomic E-state index is 12.3. The molecule has 0 unspecified atom stereocenters. The molecular weight excluding hydrogens is 332 g/mol. The summed E-state index contributed by atoms with van der Waals surface area (Å²) in [5.41, 5.74) is 0. The predicted octanol–water partition coefficient (Wildman–Crippen LogP) is 2.45. The van der Waals surface area contributed by atoms with E-state index >= 15 is 0 Å². The van der Waals surface area contributed by atoms with E-state index in [9.17, 15) is 9.59 Å². The average Bonchev–Trinajstić information content (AvgIpc) is 3.07. The minimum atomic E-state index is 0.146. The van der Waals surface area contributed by atoms with Crippen molar-refractivity contribution in [3.63, 3.8) is 0 Å². The molecule has 1 fully saturated rings. The van der Waals surface area contributed by atoms with E-state index in [1.54, 1.807) is 0 Å². The number of hydrogen-bond acceptors (Lipinski definition) is 5. The molecule has 0 bridgehead atoms. The lowest BCUT2D eigenvalue weighted by molar-refractivity contribution is -0.139. The van der Waals surface area contributed by atoms with Gasteiger partial charge in [0.1, 0.15) is 0 Å². The number of amides is 2. The van der Waals surface area contributed by atoms with Gasteiger partial charge >= 0.3 is 0 Å². The topological polar surface area (TPSA) is 79.5 Å². The van der Waals surface area contributed by atoms with E-state index in [1.165, 1.54) is 0 Å². The minimum Gasteiger partial charge on any atom is -0.339 e. The van der Waals surface area contributed by atoms with Gasteiger partial charge in [-0.3, -0.25) is 9.59 Å². The van der Waals surface area contributed by atoms with E-state index in [-0.39, 0.29) is 11.8 Å². The summed E-state index contributed by atoms with van der Waals surface area (Å²) in [4.78, 5) is 32.6. The third-order valence-electron chi connectivity index (χ3n) is 4.69. The Kier molecular flexibility index (Phi) is 8.06. The molecule has 146 valence electrons. The van der Waals surface area contributed by atoms with Gasteiger partial charge < -0.3 is 14.3 Å². The molecule has 2 heterocycles. The quantitative estimate of drug-likeness (QED) is 0.672. The average molecular weight is 364 g/mol. The summed E-state index contributed by atoms with van der Waals surface area (Å²) >= 11 is 0. The van der Waals surface area contributed by atoms with Crippen LogP contribution in [0.4, 0.5) is 0 Å². The van der Waals surface area contributed by atoms with Crippen molar-refractivity contribution >= 4 is 11.8 Å². The van der Waals surface area contributed by atoms with E-state index in [0.29, 0.717) is 63.7 Å². The van der Waals surface area contributed by atoms with Crippen molar-refractivity contribution in [1.29, 1.82) is 0 Å². The lowest BCUT2D eigenvalue weighted by Crippen LogP contribution is -2.50. The van der Waals surface area contributed by atoms with Crippen molar-refractivity contribution in [2.24, 2.45) is 5.92 Å². The van der Waals surface area contributed by atoms with Crippen molar-refractivity contribution in [1.82, 2.24) is 19.9 Å². The third kappa shape index (κ3) is 6.42. The van der Waals surface area contributed by atoms with Gasteiger partial charge in [0.15, 0.2) is 5.82 Å². The molecule has 1 aromatic rings. The number of piperazine rings is 1. The smallest absolute Gasteiger partial charge is 0.226 e. The van der Waals surface area contributed by atoms with E-state index < -0.39 is 0 Å². The molecule has 0 atom stereocenters. The second-order valence-corrected chi connectivity index (χ2v) is 7.40. The lowest BCUT2D eigenvalue weighted by Gasteiger charge is -2.35. The highest BCUT2D eigenvalue weighted by Gasteiger charge is 2.23. The monoisotopic (exact) mass is 364 g/mol. The standard InChI is InChI=1S/C19H32N4O3/c1-4-6-16-20-17(26-21-16)7-5-8-18(24)22-11-13-23(14-12-22)19(25)10-9-15(2)3/h15H,4-14H2,1-3H3. The van der Waals surface area contributed by atoms with Crippen molar-refractivity contribution in [3.05, 3.63) is 11.7 Å². The largest absolute Gasteiger partial charge is 0.339 e. The molecule has 0 spiro atoms. The zero-order chi connectivity index (χ0) is 18.9. The predicted molar refractivity (Wildman–Crippen MR) is 98.5 cm³/mol. The van der Waals surface area contributed by atoms with Crippen LogP contribution in [0.2, 0.25) is 0 Å². The highest BCUT2D eigenvalue weighted by Crippen LogP contribution is 2.11. The van der Waals surface area contributed by atoms with E-state index in [2.05, 4.69) is 30.9 Å². The van der Waals surface area contributed by atoms with Crippen LogP contribution in [0.5, 0.6) is 0 Å². The number of hydrogen-bond donors (Lipinski definition) is 0. The first-order valence-electron chi connectivity index (χ1n) is 9.86. The molecule has 7 heteroatoms. The summed E-state index contributed by atoms with van der Waals surface area (Å²) in [5, 5.41) is 3.93. The van der Waals surface area contributed by atoms with Crippen LogP contribution in [0.15, 0.2) is 4.52 Å². The first-order valence-corrected chi connectivity index (χ1v) is 9.86. The van der Waals surface area contributed by atoms with Gasteiger partial charge in [-0.2, -0.15) is 4.98 Å². The van der Waals surface area contributed by atoms with Crippen molar-refractivity contribution in [2.75, 3.05) is 26.2 Å². The Bertz CT molecular complexity index is 577. The first-order chi connectivity index (χ1) is 12.5. The van der Waals surface area contributed by atoms with Gasteiger partial charge in [0.05, 0.1) is 0 Å². The van der Waals surface area contributed by atoms with Gasteiger partial charge in [-0.1, -0.05) is 25.9 Å². The SMILES string of the molecule is CCCc1noc(CCCC(=O)N2CCN(C(=O)CCC(C)C)CC2)n1. The summed E-state index contributed by atoms with van der Waals surface area (Å²) < 4.78 is 5.19. The highest BCUT2D eigenvalue weighted by atomic mass is 16.5. The van der Waals surface area contributed by atoms with Crippen LogP contribution in [-0.4, -0.2) is 57.9 Å². The Hall–Kier alpha value is -1.92. The molecule has 1 aliphatic heterocycles. The molecule has 0 saturated carbocycles. The molecule has 7 nitrogen and oxygen atoms in total. The summed E-state index contributed by atoms with van der Waals surface area (Å²) in [6, 6.07) is 0. The second-order valence-electron chi connectivity index (χ2n) is 7.40. The fraction of sp³-hybridized carbons (Fsp3) is 0.789. The van der Waals surface area contributed by atoms with Gasteiger partial charge in [-0.05, 0) is 25.2 Å². The van der Waals surface area contributed by atoms with Crippen LogP contribution < -0.4 is 0 Å². The van der Waals surface area contributed by atoms with Crippen LogP contribution in [-0.2, 0) is 22.4 Å². The van der Waals surface area contributed by atoms with Crippen molar-refractivity contribution in [2.45, 2.75) is 65.7 Å². The number of aromatic nitrogens is 2. The second kappa shape index (κ2) is 10.3. The Labute approximate surface area is 156 Å². The van der Waals surface area contributed by atoms with Crippen LogP contribution in [0.25, 0.3) is 0 Å². The van der Waals surface area contributed by atoms with Crippen LogP contribution in [0.3, 0.4) is 0 Å². The highest BCUT2D eigenvalue weighted by molar-refractivity contribution is 5.78. The van der Waals surface area contributed by atoms with Crippen molar-refractivity contribution in [3.8, 4) is 0 Å². The lowest BCUT2D eigenvalue weighted by atomic mass is 10.1. The molecule has 1 saturated heterocycles. The van der Waals surface area contributed by atoms with Gasteiger partial charge in [-0.25, -0.2) is 0 Å². The molecule has 0 radical (unpaired) electrons. The Balaban J connectivity index is 1.65. The van der Waals surface area contributed by atoms with E-state index in [4.69, 9.17) is 4.52 Å². The summed E-state index contributed by atoms with van der Waals surface area (Å²) in [7, 11) is 0. The molecule has 0 N–H and O–H groups in total. The molecule has 2 rings (SSSR count). The molecular formula is C19H32N4O3. The van der Waals surface area contributed by atoms with Gasteiger partial charge in [0, 0.05) is 51.9 Å². The summed E-state index contributed by atoms with van der Waals surface area (Å²) in [6.07, 6.45) is 5.17. The summed E-state index contributed by atoms with van der Waals surface area (Å²) in [6.45, 7) is 8.89. The molecule has 1 aliphatic rings. The number of carbonyl (C=O) groups excluding carboxylic acids is 2. The van der Waals surface area contributed by atoms with Crippen LogP contribution in [0, 0.1) is 5.92 Å². The number of rotatable bonds is 9. The van der Waals surface area contributed by atoms with Gasteiger partial charge in [-0.15, -0.1) is 0 Å². The Morgan fingerprint density at radius 1 is 1.04 bits per heavy atom. The van der Waals surface area contributed by atoms with Gasteiger partial charge in [0.25, 0.3) is 0 Å². The Morgan fingerprint density at radius 2 is 1.65 bits per heavy atom. The molecule has 2 amide bonds. The van der Waals surface area contributed by atoms with Crippen LogP contribution in [0.1, 0.15) is 64.6 Å². The normalized spacial score (nSPS) is 14.9. The van der Waals surface area contributed by atoms with Crippen molar-refractivity contribution < 1.29 is 14.1 Å². The number of carbonyl (C=O) groups is 2. The molecule has 1 aromatic heterocycles. The maximum Gasteiger partial charge on any atom is 0.226 e. The third-order valence-corrected chi connectivity index (χ3v) is 4.69. The van der Waals surface area contributed by atoms with Crippen LogP contribution >= 0.6 is 0 Å². The molecule has 0 aromatic carbocycles.